The summed E-state index contributed by atoms with van der Waals surface area (Å²) in [7, 11) is 0. The first-order valence-corrected chi connectivity index (χ1v) is 4.63. The minimum atomic E-state index is -0.369. The zero-order valence-electron chi connectivity index (χ0n) is 6.96. The van der Waals surface area contributed by atoms with Crippen molar-refractivity contribution in [3.8, 4) is 0 Å². The van der Waals surface area contributed by atoms with Crippen molar-refractivity contribution in [3.63, 3.8) is 0 Å². The van der Waals surface area contributed by atoms with Crippen LogP contribution in [0.2, 0.25) is 10.0 Å². The number of hydrogen-bond donors (Lipinski definition) is 0. The van der Waals surface area contributed by atoms with E-state index in [1.807, 2.05) is 0 Å². The van der Waals surface area contributed by atoms with Crippen LogP contribution >= 0.6 is 23.2 Å². The van der Waals surface area contributed by atoms with Gasteiger partial charge in [0, 0.05) is 5.02 Å². The molecule has 0 unspecified atom stereocenters. The van der Waals surface area contributed by atoms with Gasteiger partial charge >= 0.3 is 5.97 Å². The molecule has 0 fully saturated rings. The molecule has 0 aromatic heterocycles. The van der Waals surface area contributed by atoms with Gasteiger partial charge in [-0.15, -0.1) is 0 Å². The molecule has 0 N–H and O–H groups in total. The Morgan fingerprint density at radius 3 is 2.71 bits per heavy atom. The number of rotatable bonds is 1. The van der Waals surface area contributed by atoms with Crippen LogP contribution in [0.4, 0.5) is 0 Å². The molecule has 1 heterocycles. The van der Waals surface area contributed by atoms with Crippen molar-refractivity contribution >= 4 is 35.1 Å². The first kappa shape index (κ1) is 9.49. The van der Waals surface area contributed by atoms with E-state index in [4.69, 9.17) is 27.9 Å². The van der Waals surface area contributed by atoms with Crippen LogP contribution in [0.3, 0.4) is 0 Å². The lowest BCUT2D eigenvalue weighted by Gasteiger charge is -2.02. The highest BCUT2D eigenvalue weighted by Crippen LogP contribution is 2.23. The SMILES string of the molecule is O=C1CN=C(c2ccc(Cl)cc2Cl)O1. The van der Waals surface area contributed by atoms with E-state index >= 15 is 0 Å². The molecule has 0 spiro atoms. The van der Waals surface area contributed by atoms with Crippen LogP contribution in [-0.2, 0) is 9.53 Å². The van der Waals surface area contributed by atoms with Gasteiger partial charge in [0.15, 0.2) is 0 Å². The predicted octanol–water partition coefficient (Wildman–Crippen LogP) is 2.30. The van der Waals surface area contributed by atoms with Gasteiger partial charge in [0.2, 0.25) is 5.90 Å². The Bertz CT molecular complexity index is 429. The Labute approximate surface area is 90.3 Å². The first-order valence-electron chi connectivity index (χ1n) is 3.87. The largest absolute Gasteiger partial charge is 0.406 e. The third-order valence-electron chi connectivity index (χ3n) is 1.72. The van der Waals surface area contributed by atoms with Crippen molar-refractivity contribution in [1.82, 2.24) is 0 Å². The van der Waals surface area contributed by atoms with E-state index in [-0.39, 0.29) is 18.4 Å². The number of carbonyl (C=O) groups excluding carboxylic acids is 1. The number of esters is 1. The average Bonchev–Trinajstić information content (AvgIpc) is 2.51. The summed E-state index contributed by atoms with van der Waals surface area (Å²) in [6.07, 6.45) is 0. The number of hydrogen-bond acceptors (Lipinski definition) is 3. The van der Waals surface area contributed by atoms with Crippen molar-refractivity contribution in [2.45, 2.75) is 0 Å². The van der Waals surface area contributed by atoms with Gasteiger partial charge in [0.1, 0.15) is 6.54 Å². The summed E-state index contributed by atoms with van der Waals surface area (Å²) in [5.74, 6) is -0.109. The van der Waals surface area contributed by atoms with Crippen molar-refractivity contribution in [1.29, 1.82) is 0 Å². The number of ether oxygens (including phenoxy) is 1. The third kappa shape index (κ3) is 1.74. The summed E-state index contributed by atoms with van der Waals surface area (Å²) in [5.41, 5.74) is 0.585. The van der Waals surface area contributed by atoms with Crippen LogP contribution in [-0.4, -0.2) is 18.4 Å². The van der Waals surface area contributed by atoms with Crippen molar-refractivity contribution in [3.05, 3.63) is 33.8 Å². The highest BCUT2D eigenvalue weighted by molar-refractivity contribution is 6.37. The number of benzene rings is 1. The number of halogens is 2. The molecule has 14 heavy (non-hydrogen) atoms. The zero-order chi connectivity index (χ0) is 10.1. The topological polar surface area (TPSA) is 38.7 Å². The van der Waals surface area contributed by atoms with E-state index in [0.29, 0.717) is 15.6 Å². The smallest absolute Gasteiger partial charge is 0.334 e. The number of cyclic esters (lactones) is 1. The molecule has 1 aromatic carbocycles. The molecular weight excluding hydrogens is 225 g/mol. The molecule has 0 bridgehead atoms. The maximum absolute atomic E-state index is 10.8. The van der Waals surface area contributed by atoms with Gasteiger partial charge in [-0.2, -0.15) is 0 Å². The number of aliphatic imine (C=N–C) groups is 1. The van der Waals surface area contributed by atoms with E-state index < -0.39 is 0 Å². The van der Waals surface area contributed by atoms with E-state index in [1.54, 1.807) is 18.2 Å². The van der Waals surface area contributed by atoms with Gasteiger partial charge in [-0.25, -0.2) is 9.79 Å². The molecule has 2 rings (SSSR count). The Kier molecular flexibility index (Phi) is 2.44. The highest BCUT2D eigenvalue weighted by Gasteiger charge is 2.19. The molecule has 0 saturated carbocycles. The van der Waals surface area contributed by atoms with E-state index in [2.05, 4.69) is 4.99 Å². The fourth-order valence-electron chi connectivity index (χ4n) is 1.11. The lowest BCUT2D eigenvalue weighted by molar-refractivity contribution is -0.132. The summed E-state index contributed by atoms with van der Waals surface area (Å²) in [6, 6.07) is 4.91. The molecule has 0 atom stereocenters. The van der Waals surface area contributed by atoms with Crippen LogP contribution in [0.15, 0.2) is 23.2 Å². The minimum absolute atomic E-state index is 0.0499. The second-order valence-corrected chi connectivity index (χ2v) is 3.56. The summed E-state index contributed by atoms with van der Waals surface area (Å²) < 4.78 is 4.85. The molecule has 0 saturated heterocycles. The summed E-state index contributed by atoms with van der Waals surface area (Å²) in [6.45, 7) is 0.0499. The maximum atomic E-state index is 10.8. The van der Waals surface area contributed by atoms with E-state index in [9.17, 15) is 4.79 Å². The van der Waals surface area contributed by atoms with Crippen LogP contribution < -0.4 is 0 Å². The fourth-order valence-corrected chi connectivity index (χ4v) is 1.60. The second-order valence-electron chi connectivity index (χ2n) is 2.72. The van der Waals surface area contributed by atoms with Crippen LogP contribution in [0.25, 0.3) is 0 Å². The molecule has 0 aliphatic carbocycles. The van der Waals surface area contributed by atoms with E-state index in [0.717, 1.165) is 0 Å². The van der Waals surface area contributed by atoms with Gasteiger partial charge in [0.05, 0.1) is 10.6 Å². The zero-order valence-corrected chi connectivity index (χ0v) is 8.47. The third-order valence-corrected chi connectivity index (χ3v) is 2.27. The minimum Gasteiger partial charge on any atom is -0.406 e. The molecule has 72 valence electrons. The standard InChI is InChI=1S/C9H5Cl2NO2/c10-5-1-2-6(7(11)3-5)9-12-4-8(13)14-9/h1-3H,4H2. The van der Waals surface area contributed by atoms with Crippen molar-refractivity contribution < 1.29 is 9.53 Å². The molecule has 1 aromatic rings. The van der Waals surface area contributed by atoms with Crippen LogP contribution in [0, 0.1) is 0 Å². The second kappa shape index (κ2) is 3.59. The number of nitrogens with zero attached hydrogens (tertiary/aromatic N) is 1. The Hall–Kier alpha value is -1.06. The van der Waals surface area contributed by atoms with Crippen molar-refractivity contribution in [2.75, 3.05) is 6.54 Å². The molecule has 0 amide bonds. The summed E-state index contributed by atoms with van der Waals surface area (Å²) >= 11 is 11.6. The Balaban J connectivity index is 2.38. The van der Waals surface area contributed by atoms with Gasteiger partial charge in [-0.3, -0.25) is 0 Å². The predicted molar refractivity (Wildman–Crippen MR) is 54.0 cm³/mol. The average molecular weight is 230 g/mol. The highest BCUT2D eigenvalue weighted by atomic mass is 35.5. The van der Waals surface area contributed by atoms with Crippen molar-refractivity contribution in [2.24, 2.45) is 4.99 Å². The van der Waals surface area contributed by atoms with E-state index in [1.165, 1.54) is 0 Å². The normalized spacial score (nSPS) is 15.3. The summed E-state index contributed by atoms with van der Waals surface area (Å²) in [5, 5.41) is 0.953. The summed E-state index contributed by atoms with van der Waals surface area (Å²) in [4.78, 5) is 14.7. The van der Waals surface area contributed by atoms with Gasteiger partial charge in [-0.05, 0) is 18.2 Å². The van der Waals surface area contributed by atoms with Gasteiger partial charge in [-0.1, -0.05) is 23.2 Å². The van der Waals surface area contributed by atoms with Gasteiger partial charge in [0.25, 0.3) is 0 Å². The lowest BCUT2D eigenvalue weighted by atomic mass is 10.2. The quantitative estimate of drug-likeness (QED) is 0.694. The molecule has 3 nitrogen and oxygen atoms in total. The molecule has 1 aliphatic heterocycles. The van der Waals surface area contributed by atoms with Crippen LogP contribution in [0.5, 0.6) is 0 Å². The molecule has 0 radical (unpaired) electrons. The molecule has 1 aliphatic rings. The monoisotopic (exact) mass is 229 g/mol. The number of carbonyl (C=O) groups is 1. The fraction of sp³-hybridized carbons (Fsp3) is 0.111. The molecule has 5 heteroatoms. The maximum Gasteiger partial charge on any atom is 0.334 e. The lowest BCUT2D eigenvalue weighted by Crippen LogP contribution is -2.06. The van der Waals surface area contributed by atoms with Gasteiger partial charge < -0.3 is 4.74 Å². The Morgan fingerprint density at radius 2 is 2.14 bits per heavy atom. The molecular formula is C9H5Cl2NO2. The van der Waals surface area contributed by atoms with Crippen LogP contribution in [0.1, 0.15) is 5.56 Å². The first-order chi connectivity index (χ1) is 6.66. The Morgan fingerprint density at radius 1 is 1.36 bits per heavy atom.